The molecule has 0 unspecified atom stereocenters. The Bertz CT molecular complexity index is 945. The van der Waals surface area contributed by atoms with Crippen LogP contribution >= 0.6 is 0 Å². The van der Waals surface area contributed by atoms with Gasteiger partial charge in [0.15, 0.2) is 0 Å². The Hall–Kier alpha value is -2.95. The van der Waals surface area contributed by atoms with Crippen molar-refractivity contribution in [2.24, 2.45) is 0 Å². The van der Waals surface area contributed by atoms with E-state index in [-0.39, 0.29) is 11.5 Å². The number of amides is 1. The lowest BCUT2D eigenvalue weighted by molar-refractivity contribution is 0.0793. The summed E-state index contributed by atoms with van der Waals surface area (Å²) in [7, 11) is 1.81. The average Bonchev–Trinajstić information content (AvgIpc) is 2.66. The highest BCUT2D eigenvalue weighted by molar-refractivity contribution is 5.94. The molecule has 3 rings (SSSR count). The third-order valence-corrected chi connectivity index (χ3v) is 4.25. The zero-order valence-corrected chi connectivity index (χ0v) is 14.5. The van der Waals surface area contributed by atoms with Crippen LogP contribution in [0.25, 0.3) is 16.6 Å². The Balaban J connectivity index is 1.89. The standard InChI is InChI=1S/C20H21N3O2/c1-3-4-13-22(2)19(24)15-9-11-16(12-10-15)23-14-21-18-8-6-5-7-17(18)20(23)25/h5-12,14H,3-4,13H2,1-2H3. The van der Waals surface area contributed by atoms with E-state index in [0.29, 0.717) is 22.2 Å². The third kappa shape index (κ3) is 3.45. The molecule has 2 aromatic carbocycles. The van der Waals surface area contributed by atoms with Gasteiger partial charge in [0.1, 0.15) is 6.33 Å². The molecular weight excluding hydrogens is 314 g/mol. The van der Waals surface area contributed by atoms with Crippen LogP contribution in [0.3, 0.4) is 0 Å². The van der Waals surface area contributed by atoms with Gasteiger partial charge in [-0.15, -0.1) is 0 Å². The van der Waals surface area contributed by atoms with Crippen molar-refractivity contribution in [2.75, 3.05) is 13.6 Å². The second kappa shape index (κ2) is 7.30. The maximum absolute atomic E-state index is 12.6. The minimum Gasteiger partial charge on any atom is -0.342 e. The van der Waals surface area contributed by atoms with Crippen molar-refractivity contribution in [1.29, 1.82) is 0 Å². The molecule has 3 aromatic rings. The van der Waals surface area contributed by atoms with Crippen LogP contribution in [0, 0.1) is 0 Å². The molecule has 5 nitrogen and oxygen atoms in total. The Morgan fingerprint density at radius 2 is 1.84 bits per heavy atom. The molecule has 0 aliphatic rings. The molecule has 0 fully saturated rings. The quantitative estimate of drug-likeness (QED) is 0.719. The zero-order chi connectivity index (χ0) is 17.8. The van der Waals surface area contributed by atoms with Crippen molar-refractivity contribution in [3.8, 4) is 5.69 Å². The predicted molar refractivity (Wildman–Crippen MR) is 99.2 cm³/mol. The second-order valence-corrected chi connectivity index (χ2v) is 6.06. The van der Waals surface area contributed by atoms with Crippen LogP contribution in [0.4, 0.5) is 0 Å². The lowest BCUT2D eigenvalue weighted by atomic mass is 10.1. The average molecular weight is 335 g/mol. The van der Waals surface area contributed by atoms with Crippen LogP contribution < -0.4 is 5.56 Å². The molecule has 25 heavy (non-hydrogen) atoms. The Morgan fingerprint density at radius 3 is 2.56 bits per heavy atom. The Kier molecular flexibility index (Phi) is 4.93. The van der Waals surface area contributed by atoms with Gasteiger partial charge in [0.25, 0.3) is 11.5 Å². The summed E-state index contributed by atoms with van der Waals surface area (Å²) in [4.78, 5) is 31.1. The summed E-state index contributed by atoms with van der Waals surface area (Å²) in [5, 5.41) is 0.574. The monoisotopic (exact) mass is 335 g/mol. The molecule has 5 heteroatoms. The fraction of sp³-hybridized carbons (Fsp3) is 0.250. The highest BCUT2D eigenvalue weighted by Gasteiger charge is 2.12. The molecule has 0 spiro atoms. The Labute approximate surface area is 146 Å². The molecular formula is C20H21N3O2. The van der Waals surface area contributed by atoms with Crippen molar-refractivity contribution in [3.63, 3.8) is 0 Å². The van der Waals surface area contributed by atoms with Crippen molar-refractivity contribution in [2.45, 2.75) is 19.8 Å². The summed E-state index contributed by atoms with van der Waals surface area (Å²) >= 11 is 0. The molecule has 0 atom stereocenters. The van der Waals surface area contributed by atoms with E-state index < -0.39 is 0 Å². The fourth-order valence-corrected chi connectivity index (χ4v) is 2.73. The van der Waals surface area contributed by atoms with Crippen LogP contribution in [0.15, 0.2) is 59.7 Å². The van der Waals surface area contributed by atoms with Crippen LogP contribution in [0.1, 0.15) is 30.1 Å². The van der Waals surface area contributed by atoms with E-state index in [1.165, 1.54) is 10.9 Å². The van der Waals surface area contributed by atoms with Gasteiger partial charge in [0.05, 0.1) is 16.6 Å². The number of unbranched alkanes of at least 4 members (excludes halogenated alkanes) is 1. The first-order chi connectivity index (χ1) is 12.1. The lowest BCUT2D eigenvalue weighted by Crippen LogP contribution is -2.27. The third-order valence-electron chi connectivity index (χ3n) is 4.25. The SMILES string of the molecule is CCCCN(C)C(=O)c1ccc(-n2cnc3ccccc3c2=O)cc1. The minimum atomic E-state index is -0.121. The Morgan fingerprint density at radius 1 is 1.12 bits per heavy atom. The predicted octanol–water partition coefficient (Wildman–Crippen LogP) is 3.26. The molecule has 0 aliphatic carbocycles. The molecule has 128 valence electrons. The number of carbonyl (C=O) groups is 1. The number of carbonyl (C=O) groups excluding carboxylic acids is 1. The van der Waals surface area contributed by atoms with E-state index in [0.717, 1.165) is 19.4 Å². The number of rotatable bonds is 5. The second-order valence-electron chi connectivity index (χ2n) is 6.06. The summed E-state index contributed by atoms with van der Waals surface area (Å²) in [6.07, 6.45) is 3.56. The van der Waals surface area contributed by atoms with Crippen LogP contribution in [0.5, 0.6) is 0 Å². The van der Waals surface area contributed by atoms with Crippen molar-refractivity contribution in [1.82, 2.24) is 14.5 Å². The van der Waals surface area contributed by atoms with Gasteiger partial charge >= 0.3 is 0 Å². The smallest absolute Gasteiger partial charge is 0.265 e. The van der Waals surface area contributed by atoms with Gasteiger partial charge in [-0.05, 0) is 42.8 Å². The van der Waals surface area contributed by atoms with Gasteiger partial charge in [-0.3, -0.25) is 14.2 Å². The lowest BCUT2D eigenvalue weighted by Gasteiger charge is -2.17. The number of nitrogens with zero attached hydrogens (tertiary/aromatic N) is 3. The first kappa shape index (κ1) is 16.9. The maximum atomic E-state index is 12.6. The van der Waals surface area contributed by atoms with Gasteiger partial charge in [-0.25, -0.2) is 4.98 Å². The topological polar surface area (TPSA) is 55.2 Å². The fourth-order valence-electron chi connectivity index (χ4n) is 2.73. The molecule has 0 N–H and O–H groups in total. The van der Waals surface area contributed by atoms with Gasteiger partial charge < -0.3 is 4.90 Å². The summed E-state index contributed by atoms with van der Waals surface area (Å²) in [6, 6.07) is 14.3. The number of para-hydroxylation sites is 1. The van der Waals surface area contributed by atoms with Crippen molar-refractivity contribution < 1.29 is 4.79 Å². The van der Waals surface area contributed by atoms with Gasteiger partial charge in [0.2, 0.25) is 0 Å². The van der Waals surface area contributed by atoms with Gasteiger partial charge in [-0.2, -0.15) is 0 Å². The number of benzene rings is 2. The highest BCUT2D eigenvalue weighted by atomic mass is 16.2. The largest absolute Gasteiger partial charge is 0.342 e. The minimum absolute atomic E-state index is 0.0102. The van der Waals surface area contributed by atoms with Crippen molar-refractivity contribution in [3.05, 3.63) is 70.8 Å². The van der Waals surface area contributed by atoms with Gasteiger partial charge in [-0.1, -0.05) is 25.5 Å². The molecule has 0 bridgehead atoms. The number of hydrogen-bond acceptors (Lipinski definition) is 3. The normalized spacial score (nSPS) is 10.8. The molecule has 0 radical (unpaired) electrons. The molecule has 0 saturated carbocycles. The number of fused-ring (bicyclic) bond motifs is 1. The summed E-state index contributed by atoms with van der Waals surface area (Å²) in [6.45, 7) is 2.84. The van der Waals surface area contributed by atoms with E-state index in [4.69, 9.17) is 0 Å². The van der Waals surface area contributed by atoms with E-state index in [1.807, 2.05) is 25.2 Å². The van der Waals surface area contributed by atoms with E-state index >= 15 is 0 Å². The molecule has 1 heterocycles. The first-order valence-corrected chi connectivity index (χ1v) is 8.44. The van der Waals surface area contributed by atoms with Crippen LogP contribution in [-0.4, -0.2) is 34.0 Å². The highest BCUT2D eigenvalue weighted by Crippen LogP contribution is 2.12. The maximum Gasteiger partial charge on any atom is 0.265 e. The van der Waals surface area contributed by atoms with E-state index in [2.05, 4.69) is 11.9 Å². The molecule has 1 aromatic heterocycles. The summed E-state index contributed by atoms with van der Waals surface area (Å²) < 4.78 is 1.50. The molecule has 1 amide bonds. The number of aromatic nitrogens is 2. The van der Waals surface area contributed by atoms with Crippen LogP contribution in [-0.2, 0) is 0 Å². The van der Waals surface area contributed by atoms with Crippen molar-refractivity contribution >= 4 is 16.8 Å². The molecule has 0 aliphatic heterocycles. The number of hydrogen-bond donors (Lipinski definition) is 0. The van der Waals surface area contributed by atoms with E-state index in [9.17, 15) is 9.59 Å². The first-order valence-electron chi connectivity index (χ1n) is 8.44. The zero-order valence-electron chi connectivity index (χ0n) is 14.5. The summed E-state index contributed by atoms with van der Waals surface area (Å²) in [5.74, 6) is -0.0102. The van der Waals surface area contributed by atoms with Crippen LogP contribution in [0.2, 0.25) is 0 Å². The summed E-state index contributed by atoms with van der Waals surface area (Å²) in [5.41, 5.74) is 1.86. The molecule has 0 saturated heterocycles. The van der Waals surface area contributed by atoms with Gasteiger partial charge in [0, 0.05) is 19.2 Å². The van der Waals surface area contributed by atoms with E-state index in [1.54, 1.807) is 35.2 Å².